The predicted molar refractivity (Wildman–Crippen MR) is 73.0 cm³/mol. The number of aromatic nitrogens is 2. The molecular formula is C11H19N5O2S. The van der Waals surface area contributed by atoms with Crippen LogP contribution in [-0.4, -0.2) is 37.5 Å². The Hall–Kier alpha value is -1.25. The average molecular weight is 285 g/mol. The van der Waals surface area contributed by atoms with E-state index in [9.17, 15) is 8.42 Å². The van der Waals surface area contributed by atoms with Gasteiger partial charge in [0, 0.05) is 30.4 Å². The largest absolute Gasteiger partial charge is 0.356 e. The Labute approximate surface area is 113 Å². The van der Waals surface area contributed by atoms with E-state index in [1.54, 1.807) is 6.33 Å². The van der Waals surface area contributed by atoms with Gasteiger partial charge in [0.2, 0.25) is 0 Å². The first-order valence-electron chi connectivity index (χ1n) is 6.20. The summed E-state index contributed by atoms with van der Waals surface area (Å²) in [4.78, 5) is 10.6. The lowest BCUT2D eigenvalue weighted by Crippen LogP contribution is -2.47. The molecular weight excluding hydrogens is 266 g/mol. The molecule has 0 unspecified atom stereocenters. The quantitative estimate of drug-likeness (QED) is 0.804. The van der Waals surface area contributed by atoms with Gasteiger partial charge in [-0.3, -0.25) is 0 Å². The highest BCUT2D eigenvalue weighted by Crippen LogP contribution is 2.22. The van der Waals surface area contributed by atoms with Gasteiger partial charge in [-0.2, -0.15) is 13.1 Å². The number of hydrogen-bond donors (Lipinski definition) is 2. The first kappa shape index (κ1) is 14.2. The van der Waals surface area contributed by atoms with Crippen LogP contribution < -0.4 is 14.8 Å². The second-order valence-electron chi connectivity index (χ2n) is 4.83. The molecule has 1 aliphatic heterocycles. The summed E-state index contributed by atoms with van der Waals surface area (Å²) in [5.41, 5.74) is 2.04. The third-order valence-electron chi connectivity index (χ3n) is 3.43. The lowest BCUT2D eigenvalue weighted by Gasteiger charge is -2.33. The lowest BCUT2D eigenvalue weighted by atomic mass is 10.1. The van der Waals surface area contributed by atoms with Crippen molar-refractivity contribution >= 4 is 16.0 Å². The van der Waals surface area contributed by atoms with E-state index < -0.39 is 10.2 Å². The molecule has 0 amide bonds. The third-order valence-corrected chi connectivity index (χ3v) is 4.10. The van der Waals surface area contributed by atoms with Crippen molar-refractivity contribution in [2.45, 2.75) is 32.7 Å². The van der Waals surface area contributed by atoms with Crippen LogP contribution in [0.5, 0.6) is 0 Å². The first-order chi connectivity index (χ1) is 8.87. The van der Waals surface area contributed by atoms with Crippen LogP contribution in [0.1, 0.15) is 24.1 Å². The fraction of sp³-hybridized carbons (Fsp3) is 0.636. The summed E-state index contributed by atoms with van der Waals surface area (Å²) >= 11 is 0. The zero-order valence-corrected chi connectivity index (χ0v) is 11.9. The second-order valence-corrected chi connectivity index (χ2v) is 6.16. The number of rotatable bonds is 3. The van der Waals surface area contributed by atoms with Gasteiger partial charge in [-0.05, 0) is 26.7 Å². The predicted octanol–water partition coefficient (Wildman–Crippen LogP) is -0.145. The van der Waals surface area contributed by atoms with Crippen molar-refractivity contribution in [1.29, 1.82) is 0 Å². The smallest absolute Gasteiger partial charge is 0.274 e. The Morgan fingerprint density at radius 3 is 2.53 bits per heavy atom. The fourth-order valence-corrected chi connectivity index (χ4v) is 2.99. The molecule has 0 aliphatic carbocycles. The number of anilines is 1. The fourth-order valence-electron chi connectivity index (χ4n) is 2.29. The van der Waals surface area contributed by atoms with E-state index in [0.717, 1.165) is 43.0 Å². The summed E-state index contributed by atoms with van der Waals surface area (Å²) < 4.78 is 24.4. The minimum Gasteiger partial charge on any atom is -0.356 e. The van der Waals surface area contributed by atoms with Crippen molar-refractivity contribution in [3.05, 3.63) is 17.6 Å². The maximum atomic E-state index is 11.0. The number of nitrogens with one attached hydrogen (secondary N) is 1. The standard InChI is InChI=1S/C11H19N5O2S/c1-8-9(2)13-7-14-11(8)16-5-3-10(4-6-16)15-19(12,17)18/h7,10,15H,3-6H2,1-2H3,(H2,12,17,18). The van der Waals surface area contributed by atoms with Crippen LogP contribution in [0.3, 0.4) is 0 Å². The van der Waals surface area contributed by atoms with Crippen molar-refractivity contribution in [2.75, 3.05) is 18.0 Å². The van der Waals surface area contributed by atoms with E-state index in [4.69, 9.17) is 5.14 Å². The molecule has 1 fully saturated rings. The molecule has 7 nitrogen and oxygen atoms in total. The van der Waals surface area contributed by atoms with E-state index >= 15 is 0 Å². The summed E-state index contributed by atoms with van der Waals surface area (Å²) in [6.45, 7) is 5.46. The highest BCUT2D eigenvalue weighted by atomic mass is 32.2. The molecule has 0 saturated carbocycles. The first-order valence-corrected chi connectivity index (χ1v) is 7.74. The van der Waals surface area contributed by atoms with Gasteiger partial charge in [0.1, 0.15) is 12.1 Å². The molecule has 1 aromatic rings. The number of nitrogens with zero attached hydrogens (tertiary/aromatic N) is 3. The Kier molecular flexibility index (Phi) is 4.02. The maximum absolute atomic E-state index is 11.0. The van der Waals surface area contributed by atoms with Gasteiger partial charge in [-0.25, -0.2) is 15.1 Å². The Morgan fingerprint density at radius 1 is 1.32 bits per heavy atom. The average Bonchev–Trinajstić information content (AvgIpc) is 2.32. The summed E-state index contributed by atoms with van der Waals surface area (Å²) in [6, 6.07) is -0.0884. The number of piperidine rings is 1. The number of hydrogen-bond acceptors (Lipinski definition) is 5. The molecule has 3 N–H and O–H groups in total. The van der Waals surface area contributed by atoms with Gasteiger partial charge in [-0.1, -0.05) is 0 Å². The normalized spacial score (nSPS) is 17.7. The summed E-state index contributed by atoms with van der Waals surface area (Å²) in [5.74, 6) is 0.932. The molecule has 2 rings (SSSR count). The van der Waals surface area contributed by atoms with Gasteiger partial charge in [0.25, 0.3) is 10.2 Å². The van der Waals surface area contributed by atoms with Crippen LogP contribution in [0.15, 0.2) is 6.33 Å². The van der Waals surface area contributed by atoms with Gasteiger partial charge in [0.05, 0.1) is 0 Å². The lowest BCUT2D eigenvalue weighted by molar-refractivity contribution is 0.458. The van der Waals surface area contributed by atoms with Crippen LogP contribution in [0, 0.1) is 13.8 Å². The molecule has 106 valence electrons. The molecule has 1 aromatic heterocycles. The molecule has 0 bridgehead atoms. The highest BCUT2D eigenvalue weighted by Gasteiger charge is 2.23. The molecule has 8 heteroatoms. The van der Waals surface area contributed by atoms with E-state index in [1.807, 2.05) is 13.8 Å². The van der Waals surface area contributed by atoms with Crippen molar-refractivity contribution < 1.29 is 8.42 Å². The van der Waals surface area contributed by atoms with Crippen LogP contribution >= 0.6 is 0 Å². The minimum atomic E-state index is -3.61. The van der Waals surface area contributed by atoms with Gasteiger partial charge >= 0.3 is 0 Å². The van der Waals surface area contributed by atoms with Crippen molar-refractivity contribution in [1.82, 2.24) is 14.7 Å². The van der Waals surface area contributed by atoms with Gasteiger partial charge in [-0.15, -0.1) is 0 Å². The van der Waals surface area contributed by atoms with E-state index in [0.29, 0.717) is 0 Å². The molecule has 1 saturated heterocycles. The Balaban J connectivity index is 2.02. The maximum Gasteiger partial charge on any atom is 0.274 e. The van der Waals surface area contributed by atoms with E-state index in [2.05, 4.69) is 19.6 Å². The molecule has 0 spiro atoms. The molecule has 0 atom stereocenters. The van der Waals surface area contributed by atoms with Crippen LogP contribution in [0.25, 0.3) is 0 Å². The van der Waals surface area contributed by atoms with Crippen molar-refractivity contribution in [2.24, 2.45) is 5.14 Å². The minimum absolute atomic E-state index is 0.0884. The van der Waals surface area contributed by atoms with Crippen molar-refractivity contribution in [3.8, 4) is 0 Å². The number of nitrogens with two attached hydrogens (primary N) is 1. The highest BCUT2D eigenvalue weighted by molar-refractivity contribution is 7.87. The van der Waals surface area contributed by atoms with E-state index in [1.165, 1.54) is 0 Å². The van der Waals surface area contributed by atoms with Crippen LogP contribution in [0.4, 0.5) is 5.82 Å². The van der Waals surface area contributed by atoms with Gasteiger partial charge < -0.3 is 4.90 Å². The number of aryl methyl sites for hydroxylation is 1. The molecule has 1 aliphatic rings. The monoisotopic (exact) mass is 285 g/mol. The molecule has 2 heterocycles. The van der Waals surface area contributed by atoms with Crippen LogP contribution in [0.2, 0.25) is 0 Å². The SMILES string of the molecule is Cc1ncnc(N2CCC(NS(N)(=O)=O)CC2)c1C. The van der Waals surface area contributed by atoms with Crippen LogP contribution in [-0.2, 0) is 10.2 Å². The molecule has 0 radical (unpaired) electrons. The zero-order valence-electron chi connectivity index (χ0n) is 11.1. The Morgan fingerprint density at radius 2 is 1.95 bits per heavy atom. The Bertz CT molecular complexity index is 552. The topological polar surface area (TPSA) is 101 Å². The summed E-state index contributed by atoms with van der Waals surface area (Å²) in [6.07, 6.45) is 3.00. The zero-order chi connectivity index (χ0) is 14.0. The molecule has 19 heavy (non-hydrogen) atoms. The van der Waals surface area contributed by atoms with Gasteiger partial charge in [0.15, 0.2) is 0 Å². The molecule has 0 aromatic carbocycles. The summed E-state index contributed by atoms with van der Waals surface area (Å²) in [5, 5.41) is 4.98. The van der Waals surface area contributed by atoms with Crippen molar-refractivity contribution in [3.63, 3.8) is 0 Å². The van der Waals surface area contributed by atoms with E-state index in [-0.39, 0.29) is 6.04 Å². The second kappa shape index (κ2) is 5.40. The third kappa shape index (κ3) is 3.62. The summed E-state index contributed by atoms with van der Waals surface area (Å²) in [7, 11) is -3.61.